The van der Waals surface area contributed by atoms with Crippen molar-refractivity contribution < 1.29 is 0 Å². The van der Waals surface area contributed by atoms with Crippen molar-refractivity contribution in [3.8, 4) is 0 Å². The zero-order chi connectivity index (χ0) is 18.6. The first-order valence-electron chi connectivity index (χ1n) is 8.57. The molecule has 2 heterocycles. The molecule has 0 aliphatic heterocycles. The number of rotatable bonds is 4. The molecule has 4 aromatic rings. The van der Waals surface area contributed by atoms with Crippen molar-refractivity contribution in [1.82, 2.24) is 9.97 Å². The van der Waals surface area contributed by atoms with Crippen LogP contribution in [0.15, 0.2) is 79.1 Å². The summed E-state index contributed by atoms with van der Waals surface area (Å²) < 4.78 is 8.44. The van der Waals surface area contributed by atoms with Crippen LogP contribution in [0.4, 0.5) is 11.4 Å². The van der Waals surface area contributed by atoms with Crippen molar-refractivity contribution in [2.45, 2.75) is 13.8 Å². The van der Waals surface area contributed by atoms with E-state index in [-0.39, 0.29) is 0 Å². The van der Waals surface area contributed by atoms with Crippen LogP contribution in [-0.2, 0) is 0 Å². The zero-order valence-corrected chi connectivity index (χ0v) is 16.2. The van der Waals surface area contributed by atoms with E-state index in [2.05, 4.69) is 28.4 Å². The number of aromatic nitrogens is 2. The van der Waals surface area contributed by atoms with Crippen molar-refractivity contribution >= 4 is 48.8 Å². The summed E-state index contributed by atoms with van der Waals surface area (Å²) in [6.07, 6.45) is 0. The molecule has 2 aromatic heterocycles. The van der Waals surface area contributed by atoms with Gasteiger partial charge >= 0.3 is 163 Å². The van der Waals surface area contributed by atoms with Gasteiger partial charge in [0.2, 0.25) is 0 Å². The summed E-state index contributed by atoms with van der Waals surface area (Å²) in [7, 11) is 0. The van der Waals surface area contributed by atoms with Crippen LogP contribution in [0.5, 0.6) is 0 Å². The van der Waals surface area contributed by atoms with E-state index >= 15 is 0 Å². The van der Waals surface area contributed by atoms with Crippen molar-refractivity contribution in [1.29, 1.82) is 0 Å². The van der Waals surface area contributed by atoms with Gasteiger partial charge in [0.15, 0.2) is 0 Å². The number of hydrogen-bond acceptors (Lipinski definition) is 6. The van der Waals surface area contributed by atoms with E-state index < -0.39 is 15.7 Å². The summed E-state index contributed by atoms with van der Waals surface area (Å²) in [4.78, 5) is 9.12. The molecular weight excluding hydrogens is 351 g/mol. The van der Waals surface area contributed by atoms with Gasteiger partial charge in [0, 0.05) is 0 Å². The van der Waals surface area contributed by atoms with Gasteiger partial charge in [-0.15, -0.1) is 0 Å². The van der Waals surface area contributed by atoms with Gasteiger partial charge in [-0.1, -0.05) is 0 Å². The van der Waals surface area contributed by atoms with Gasteiger partial charge in [-0.25, -0.2) is 0 Å². The first-order chi connectivity index (χ1) is 13.2. The van der Waals surface area contributed by atoms with E-state index in [9.17, 15) is 0 Å². The predicted octanol–water partition coefficient (Wildman–Crippen LogP) is 5.80. The SMILES string of the molecule is Cc1ccc2cccc(N=[N][Al+][N]=Nc3cccc4ccc(C)nc34)c2n1. The second-order valence-electron chi connectivity index (χ2n) is 6.15. The van der Waals surface area contributed by atoms with Crippen molar-refractivity contribution in [3.05, 3.63) is 72.1 Å². The molecule has 6 nitrogen and oxygen atoms in total. The van der Waals surface area contributed by atoms with Crippen LogP contribution in [0.25, 0.3) is 21.8 Å². The van der Waals surface area contributed by atoms with Crippen LogP contribution in [0.3, 0.4) is 0 Å². The molecule has 0 N–H and O–H groups in total. The Kier molecular flexibility index (Phi) is 4.97. The Bertz CT molecular complexity index is 1090. The maximum absolute atomic E-state index is 4.56. The van der Waals surface area contributed by atoms with Crippen LogP contribution >= 0.6 is 0 Å². The molecular formula is C20H16AlN6+. The molecule has 0 aliphatic rings. The molecule has 128 valence electrons. The van der Waals surface area contributed by atoms with Gasteiger partial charge in [0.05, 0.1) is 0 Å². The number of benzene rings is 2. The van der Waals surface area contributed by atoms with Crippen LogP contribution in [0, 0.1) is 13.8 Å². The fourth-order valence-corrected chi connectivity index (χ4v) is 3.22. The van der Waals surface area contributed by atoms with Crippen molar-refractivity contribution in [2.24, 2.45) is 18.4 Å². The molecule has 4 rings (SSSR count). The van der Waals surface area contributed by atoms with Crippen LogP contribution in [0.1, 0.15) is 11.4 Å². The Morgan fingerprint density at radius 3 is 1.59 bits per heavy atom. The first kappa shape index (κ1) is 17.4. The molecule has 0 saturated heterocycles. The summed E-state index contributed by atoms with van der Waals surface area (Å²) in [6.45, 7) is 3.93. The third-order valence-electron chi connectivity index (χ3n) is 4.11. The summed E-state index contributed by atoms with van der Waals surface area (Å²) in [5.74, 6) is 0. The molecule has 0 atom stereocenters. The summed E-state index contributed by atoms with van der Waals surface area (Å²) in [5.41, 5.74) is 5.12. The number of aryl methyl sites for hydroxylation is 2. The van der Waals surface area contributed by atoms with Crippen molar-refractivity contribution in [2.75, 3.05) is 0 Å². The fourth-order valence-electron chi connectivity index (χ4n) is 2.82. The van der Waals surface area contributed by atoms with Crippen LogP contribution < -0.4 is 0 Å². The van der Waals surface area contributed by atoms with Gasteiger partial charge in [0.1, 0.15) is 0 Å². The summed E-state index contributed by atoms with van der Waals surface area (Å²) in [5, 5.41) is 10.7. The minimum absolute atomic E-state index is 0.643. The molecule has 0 aliphatic carbocycles. The number of hydrogen-bond donors (Lipinski definition) is 0. The van der Waals surface area contributed by atoms with E-state index in [1.54, 1.807) is 0 Å². The van der Waals surface area contributed by atoms with Crippen LogP contribution in [-0.4, -0.2) is 25.6 Å². The minimum atomic E-state index is -0.643. The predicted molar refractivity (Wildman–Crippen MR) is 108 cm³/mol. The number of para-hydroxylation sites is 2. The Morgan fingerprint density at radius 2 is 1.11 bits per heavy atom. The fraction of sp³-hybridized carbons (Fsp3) is 0.100. The molecule has 0 bridgehead atoms. The quantitative estimate of drug-likeness (QED) is 0.337. The Hall–Kier alpha value is -3.01. The van der Waals surface area contributed by atoms with Crippen molar-refractivity contribution in [3.63, 3.8) is 0 Å². The summed E-state index contributed by atoms with van der Waals surface area (Å²) >= 11 is -0.643. The first-order valence-corrected chi connectivity index (χ1v) is 9.60. The van der Waals surface area contributed by atoms with E-state index in [0.717, 1.165) is 44.6 Å². The van der Waals surface area contributed by atoms with Gasteiger partial charge in [0.25, 0.3) is 0 Å². The molecule has 0 radical (unpaired) electrons. The number of pyridine rings is 2. The monoisotopic (exact) mass is 367 g/mol. The molecule has 0 saturated carbocycles. The standard InChI is InChI=1S/2C10H8N3.Al/c2*1-7-5-6-8-3-2-4-9(13-11)10(8)12-7;/h2*2-6H,1H3;/q2*-1;+3. The molecule has 2 aromatic carbocycles. The molecule has 0 fully saturated rings. The topological polar surface area (TPSA) is 75.2 Å². The number of fused-ring (bicyclic) bond motifs is 2. The van der Waals surface area contributed by atoms with Gasteiger partial charge in [-0.2, -0.15) is 0 Å². The maximum atomic E-state index is 4.56. The second kappa shape index (κ2) is 7.70. The molecule has 7 heteroatoms. The molecule has 27 heavy (non-hydrogen) atoms. The Morgan fingerprint density at radius 1 is 0.630 bits per heavy atom. The normalized spacial score (nSPS) is 11.6. The van der Waals surface area contributed by atoms with E-state index in [1.165, 1.54) is 0 Å². The van der Waals surface area contributed by atoms with E-state index in [1.807, 2.05) is 74.5 Å². The van der Waals surface area contributed by atoms with Gasteiger partial charge < -0.3 is 0 Å². The Labute approximate surface area is 163 Å². The third-order valence-corrected chi connectivity index (χ3v) is 4.55. The van der Waals surface area contributed by atoms with E-state index in [4.69, 9.17) is 0 Å². The molecule has 0 spiro atoms. The van der Waals surface area contributed by atoms with E-state index in [0.29, 0.717) is 0 Å². The van der Waals surface area contributed by atoms with Crippen LogP contribution in [0.2, 0.25) is 0 Å². The summed E-state index contributed by atoms with van der Waals surface area (Å²) in [6, 6.07) is 19.8. The van der Waals surface area contributed by atoms with Gasteiger partial charge in [-0.3, -0.25) is 0 Å². The van der Waals surface area contributed by atoms with Gasteiger partial charge in [-0.05, 0) is 0 Å². The average molecular weight is 367 g/mol. The average Bonchev–Trinajstić information content (AvgIpc) is 2.68. The second-order valence-corrected chi connectivity index (χ2v) is 6.84. The third kappa shape index (κ3) is 3.90. The number of nitrogens with zero attached hydrogens (tertiary/aromatic N) is 6. The molecule has 0 unspecified atom stereocenters. The zero-order valence-electron chi connectivity index (χ0n) is 15.0. The molecule has 0 amide bonds. The Balaban J connectivity index is 1.54.